The molecule has 1 amide bonds. The molecule has 1 aromatic rings. The Morgan fingerprint density at radius 3 is 2.48 bits per heavy atom. The Kier molecular flexibility index (Phi) is 9.84. The molecule has 0 aliphatic rings. The topological polar surface area (TPSA) is 66.5 Å². The SMILES string of the molecule is CCCC[C@H](CC)CNC(=O)CCCN(c1cc(C)ccc1C)S(C)(=O)=O. The molecule has 5 nitrogen and oxygen atoms in total. The fraction of sp³-hybridized carbons (Fsp3) is 0.667. The van der Waals surface area contributed by atoms with Crippen molar-refractivity contribution >= 4 is 21.6 Å². The molecule has 0 saturated carbocycles. The van der Waals surface area contributed by atoms with Crippen LogP contribution in [-0.4, -0.2) is 33.7 Å². The van der Waals surface area contributed by atoms with Gasteiger partial charge in [0.05, 0.1) is 11.9 Å². The van der Waals surface area contributed by atoms with Crippen molar-refractivity contribution in [1.29, 1.82) is 0 Å². The lowest BCUT2D eigenvalue weighted by molar-refractivity contribution is -0.121. The van der Waals surface area contributed by atoms with Crippen LogP contribution in [0.4, 0.5) is 5.69 Å². The van der Waals surface area contributed by atoms with Gasteiger partial charge in [-0.2, -0.15) is 0 Å². The predicted molar refractivity (Wildman–Crippen MR) is 114 cm³/mol. The zero-order chi connectivity index (χ0) is 20.4. The minimum Gasteiger partial charge on any atom is -0.356 e. The van der Waals surface area contributed by atoms with Gasteiger partial charge in [0.2, 0.25) is 15.9 Å². The summed E-state index contributed by atoms with van der Waals surface area (Å²) in [5.41, 5.74) is 2.63. The molecule has 0 heterocycles. The zero-order valence-electron chi connectivity index (χ0n) is 17.5. The third-order valence-corrected chi connectivity index (χ3v) is 6.11. The standard InChI is InChI=1S/C21H36N2O3S/c1-6-8-10-19(7-2)16-22-21(24)11-9-14-23(27(5,25)26)20-15-17(3)12-13-18(20)4/h12-13,15,19H,6-11,14,16H2,1-5H3,(H,22,24)/t19-/m0/s1. The molecule has 0 fully saturated rings. The largest absolute Gasteiger partial charge is 0.356 e. The second kappa shape index (κ2) is 11.3. The zero-order valence-corrected chi connectivity index (χ0v) is 18.4. The number of rotatable bonds is 12. The van der Waals surface area contributed by atoms with E-state index in [9.17, 15) is 13.2 Å². The number of hydrogen-bond donors (Lipinski definition) is 1. The monoisotopic (exact) mass is 396 g/mol. The molecule has 1 rings (SSSR count). The Morgan fingerprint density at radius 1 is 1.19 bits per heavy atom. The Labute approximate surface area is 165 Å². The fourth-order valence-electron chi connectivity index (χ4n) is 3.13. The number of hydrogen-bond acceptors (Lipinski definition) is 3. The number of benzene rings is 1. The lowest BCUT2D eigenvalue weighted by Gasteiger charge is -2.24. The number of amides is 1. The molecule has 0 saturated heterocycles. The second-order valence-electron chi connectivity index (χ2n) is 7.45. The summed E-state index contributed by atoms with van der Waals surface area (Å²) < 4.78 is 25.9. The molecular formula is C21H36N2O3S. The number of unbranched alkanes of at least 4 members (excludes halogenated alkanes) is 1. The van der Waals surface area contributed by atoms with Gasteiger partial charge in [0.15, 0.2) is 0 Å². The molecule has 0 aliphatic heterocycles. The van der Waals surface area contributed by atoms with E-state index >= 15 is 0 Å². The first kappa shape index (κ1) is 23.5. The van der Waals surface area contributed by atoms with Crippen molar-refractivity contribution in [2.24, 2.45) is 5.92 Å². The van der Waals surface area contributed by atoms with E-state index in [0.29, 0.717) is 37.5 Å². The summed E-state index contributed by atoms with van der Waals surface area (Å²) in [6.07, 6.45) is 6.61. The highest BCUT2D eigenvalue weighted by Crippen LogP contribution is 2.24. The molecule has 0 unspecified atom stereocenters. The van der Waals surface area contributed by atoms with Crippen molar-refractivity contribution in [1.82, 2.24) is 5.32 Å². The van der Waals surface area contributed by atoms with Crippen LogP contribution >= 0.6 is 0 Å². The highest BCUT2D eigenvalue weighted by atomic mass is 32.2. The maximum atomic E-state index is 12.3. The fourth-order valence-corrected chi connectivity index (χ4v) is 4.14. The van der Waals surface area contributed by atoms with Crippen LogP contribution in [0.15, 0.2) is 18.2 Å². The van der Waals surface area contributed by atoms with E-state index in [0.717, 1.165) is 24.0 Å². The lowest BCUT2D eigenvalue weighted by Crippen LogP contribution is -2.33. The van der Waals surface area contributed by atoms with Crippen LogP contribution < -0.4 is 9.62 Å². The van der Waals surface area contributed by atoms with Crippen LogP contribution in [0.25, 0.3) is 0 Å². The first-order chi connectivity index (χ1) is 12.7. The maximum absolute atomic E-state index is 12.3. The minimum absolute atomic E-state index is 0.000589. The van der Waals surface area contributed by atoms with Gasteiger partial charge in [0.1, 0.15) is 0 Å². The lowest BCUT2D eigenvalue weighted by atomic mass is 9.99. The number of nitrogens with one attached hydrogen (secondary N) is 1. The molecule has 27 heavy (non-hydrogen) atoms. The summed E-state index contributed by atoms with van der Waals surface area (Å²) in [7, 11) is -3.39. The summed E-state index contributed by atoms with van der Waals surface area (Å²) in [5.74, 6) is 0.524. The Bertz CT molecular complexity index is 701. The number of carbonyl (C=O) groups excluding carboxylic acids is 1. The van der Waals surface area contributed by atoms with E-state index in [1.54, 1.807) is 0 Å². The van der Waals surface area contributed by atoms with E-state index < -0.39 is 10.0 Å². The second-order valence-corrected chi connectivity index (χ2v) is 9.36. The highest BCUT2D eigenvalue weighted by Gasteiger charge is 2.19. The van der Waals surface area contributed by atoms with Crippen molar-refractivity contribution in [3.8, 4) is 0 Å². The van der Waals surface area contributed by atoms with Gasteiger partial charge in [-0.3, -0.25) is 9.10 Å². The third-order valence-electron chi connectivity index (χ3n) is 4.93. The van der Waals surface area contributed by atoms with Crippen molar-refractivity contribution < 1.29 is 13.2 Å². The third kappa shape index (κ3) is 8.33. The van der Waals surface area contributed by atoms with Gasteiger partial charge in [-0.1, -0.05) is 45.2 Å². The molecule has 154 valence electrons. The van der Waals surface area contributed by atoms with Crippen molar-refractivity contribution in [2.45, 2.75) is 66.2 Å². The molecule has 0 radical (unpaired) electrons. The maximum Gasteiger partial charge on any atom is 0.232 e. The summed E-state index contributed by atoms with van der Waals surface area (Å²) in [6, 6.07) is 5.78. The summed E-state index contributed by atoms with van der Waals surface area (Å²) in [5, 5.41) is 3.01. The molecule has 0 aliphatic carbocycles. The molecule has 1 N–H and O–H groups in total. The van der Waals surface area contributed by atoms with E-state index in [-0.39, 0.29) is 5.91 Å². The number of anilines is 1. The first-order valence-corrected chi connectivity index (χ1v) is 11.9. The van der Waals surface area contributed by atoms with Crippen LogP contribution in [0, 0.1) is 19.8 Å². The molecule has 6 heteroatoms. The summed E-state index contributed by atoms with van der Waals surface area (Å²) >= 11 is 0. The molecule has 0 bridgehead atoms. The van der Waals surface area contributed by atoms with Crippen molar-refractivity contribution in [2.75, 3.05) is 23.7 Å². The van der Waals surface area contributed by atoms with Crippen LogP contribution in [0.1, 0.15) is 63.5 Å². The average Bonchev–Trinajstić information content (AvgIpc) is 2.60. The number of aryl methyl sites for hydroxylation is 2. The predicted octanol–water partition coefficient (Wildman–Crippen LogP) is 4.18. The van der Waals surface area contributed by atoms with Crippen molar-refractivity contribution in [3.63, 3.8) is 0 Å². The minimum atomic E-state index is -3.39. The molecule has 0 aromatic heterocycles. The van der Waals surface area contributed by atoms with E-state index in [1.807, 2.05) is 32.0 Å². The molecule has 0 spiro atoms. The smallest absolute Gasteiger partial charge is 0.232 e. The van der Waals surface area contributed by atoms with Gasteiger partial charge in [-0.15, -0.1) is 0 Å². The van der Waals surface area contributed by atoms with E-state index in [1.165, 1.54) is 23.4 Å². The summed E-state index contributed by atoms with van der Waals surface area (Å²) in [4.78, 5) is 12.1. The number of carbonyl (C=O) groups is 1. The first-order valence-electron chi connectivity index (χ1n) is 10.0. The molecular weight excluding hydrogens is 360 g/mol. The van der Waals surface area contributed by atoms with Gasteiger partial charge in [0.25, 0.3) is 0 Å². The van der Waals surface area contributed by atoms with Crippen LogP contribution in [0.5, 0.6) is 0 Å². The molecule has 1 atom stereocenters. The quantitative estimate of drug-likeness (QED) is 0.576. The van der Waals surface area contributed by atoms with E-state index in [2.05, 4.69) is 19.2 Å². The average molecular weight is 397 g/mol. The number of sulfonamides is 1. The van der Waals surface area contributed by atoms with Gasteiger partial charge in [-0.25, -0.2) is 8.42 Å². The Morgan fingerprint density at radius 2 is 1.89 bits per heavy atom. The highest BCUT2D eigenvalue weighted by molar-refractivity contribution is 7.92. The van der Waals surface area contributed by atoms with Gasteiger partial charge < -0.3 is 5.32 Å². The summed E-state index contributed by atoms with van der Waals surface area (Å²) in [6.45, 7) is 9.20. The van der Waals surface area contributed by atoms with Gasteiger partial charge in [0, 0.05) is 19.5 Å². The Balaban J connectivity index is 2.60. The Hall–Kier alpha value is -1.56. The molecule has 1 aromatic carbocycles. The van der Waals surface area contributed by atoms with Crippen molar-refractivity contribution in [3.05, 3.63) is 29.3 Å². The normalized spacial score (nSPS) is 12.6. The van der Waals surface area contributed by atoms with Crippen LogP contribution in [-0.2, 0) is 14.8 Å². The number of nitrogens with zero attached hydrogens (tertiary/aromatic N) is 1. The van der Waals surface area contributed by atoms with Crippen LogP contribution in [0.2, 0.25) is 0 Å². The van der Waals surface area contributed by atoms with Crippen LogP contribution in [0.3, 0.4) is 0 Å². The van der Waals surface area contributed by atoms with Gasteiger partial charge >= 0.3 is 0 Å². The van der Waals surface area contributed by atoms with E-state index in [4.69, 9.17) is 0 Å². The van der Waals surface area contributed by atoms with Gasteiger partial charge in [-0.05, 0) is 49.8 Å².